The van der Waals surface area contributed by atoms with E-state index in [2.05, 4.69) is 117 Å². The summed E-state index contributed by atoms with van der Waals surface area (Å²) in [5.74, 6) is -1.01. The topological polar surface area (TPSA) is 369 Å². The second-order valence-corrected chi connectivity index (χ2v) is 42.6. The van der Waals surface area contributed by atoms with E-state index in [1.165, 1.54) is 25.5 Å². The normalized spacial score (nSPS) is 33.3. The van der Waals surface area contributed by atoms with Crippen LogP contribution in [0.25, 0.3) is 23.3 Å². The summed E-state index contributed by atoms with van der Waals surface area (Å²) in [7, 11) is 7.83. The molecule has 7 fully saturated rings. The average molecular weight is 1650 g/mol. The van der Waals surface area contributed by atoms with Crippen LogP contribution in [-0.4, -0.2) is 169 Å². The van der Waals surface area contributed by atoms with Crippen molar-refractivity contribution in [1.29, 1.82) is 10.5 Å². The molecule has 9 aliphatic rings. The van der Waals surface area contributed by atoms with Crippen LogP contribution in [0.4, 0.5) is 0 Å². The fourth-order valence-corrected chi connectivity index (χ4v) is 26.9. The molecular weight excluding hydrogens is 1520 g/mol. The van der Waals surface area contributed by atoms with E-state index in [4.69, 9.17) is 34.7 Å². The molecule has 26 heteroatoms. The highest BCUT2D eigenvalue weighted by Gasteiger charge is 2.73. The van der Waals surface area contributed by atoms with Crippen LogP contribution in [0, 0.1) is 130 Å². The number of aliphatic hydroxyl groups excluding tert-OH is 2. The molecule has 2 unspecified atom stereocenters. The smallest absolute Gasteiger partial charge is 0.310 e. The number of aromatic nitrogens is 10. The molecule has 4 aromatic heterocycles. The van der Waals surface area contributed by atoms with Crippen molar-refractivity contribution in [3.63, 3.8) is 0 Å². The van der Waals surface area contributed by atoms with Gasteiger partial charge in [0.2, 0.25) is 11.6 Å². The highest BCUT2D eigenvalue weighted by molar-refractivity contribution is 6.01. The van der Waals surface area contributed by atoms with Crippen LogP contribution >= 0.6 is 0 Å². The predicted molar refractivity (Wildman–Crippen MR) is 449 cm³/mol. The van der Waals surface area contributed by atoms with Gasteiger partial charge in [-0.15, -0.1) is 20.4 Å². The Hall–Kier alpha value is -8.04. The van der Waals surface area contributed by atoms with Crippen LogP contribution in [0.5, 0.6) is 0 Å². The Labute approximate surface area is 709 Å². The summed E-state index contributed by atoms with van der Waals surface area (Å²) in [6.07, 6.45) is 13.3. The molecule has 0 amide bonds. The Morgan fingerprint density at radius 2 is 1.12 bits per heavy atom. The summed E-state index contributed by atoms with van der Waals surface area (Å²) in [6, 6.07) is 4.26. The number of carbonyl (C=O) groups is 6. The van der Waals surface area contributed by atoms with Gasteiger partial charge in [0.15, 0.2) is 34.9 Å². The number of carboxylic acid groups (broad SMARTS) is 2. The number of allylic oxidation sites excluding steroid dienone is 2. The van der Waals surface area contributed by atoms with Gasteiger partial charge in [0.25, 0.3) is 0 Å². The van der Waals surface area contributed by atoms with E-state index >= 15 is 4.79 Å². The fourth-order valence-electron chi connectivity index (χ4n) is 26.9. The molecule has 4 heterocycles. The second kappa shape index (κ2) is 32.3. The summed E-state index contributed by atoms with van der Waals surface area (Å²) < 4.78 is 16.4. The largest absolute Gasteiger partial charge is 0.481 e. The molecule has 0 saturated heterocycles. The van der Waals surface area contributed by atoms with Gasteiger partial charge in [-0.1, -0.05) is 96.9 Å². The molecule has 19 atom stereocenters. The number of aliphatic carboxylic acids is 2. The van der Waals surface area contributed by atoms with Crippen molar-refractivity contribution in [2.75, 3.05) is 41.3 Å². The molecule has 0 spiro atoms. The van der Waals surface area contributed by atoms with Gasteiger partial charge in [-0.05, 0) is 260 Å². The minimum Gasteiger partial charge on any atom is -0.481 e. The lowest BCUT2D eigenvalue weighted by Gasteiger charge is -2.72. The molecule has 0 aromatic carbocycles. The number of hydrogen-bond acceptors (Lipinski definition) is 22. The molecule has 4 aromatic rings. The quantitative estimate of drug-likeness (QED) is 0.0384. The number of nitrogens with zero attached hydrogens (tertiary/aromatic N) is 14. The number of aliphatic hydroxyl groups is 2. The first kappa shape index (κ1) is 89.7. The maximum atomic E-state index is 15.1. The van der Waals surface area contributed by atoms with E-state index in [0.29, 0.717) is 80.8 Å². The third-order valence-corrected chi connectivity index (χ3v) is 34.3. The molecule has 9 aliphatic carbocycles. The van der Waals surface area contributed by atoms with Gasteiger partial charge in [-0.25, -0.2) is 19.9 Å². The molecule has 0 aliphatic heterocycles. The molecule has 13 rings (SSSR count). The minimum absolute atomic E-state index is 0.00299. The SMILES string of the molecule is CC[C@H](CC[C@@]1(C)[C@H](C)CC[C@]2(C)[C@@H]1CC[C@@H]1C3=C(C(C)C)C(=O)C[C@]3(C(O)c3nnc(-c4ncc(C#N)cn4)n3CCN(C)C)CC[C@]12C)OC(=O)CC(C)(Cc1nc(-c2nnc([C@H](O)[C@@]34CC[C@]5(C)[C@H](CC[C@@H]6[C@@]7(C)CC[C@H](OC(=O)CC(C)(C)C(=O)O)C(C)(C)[C@@H]7CC[C@]65C)C3=C(C(C)C)C(=O)C4)n2CCN(C)C)ncc1C#N)C(=O)O. The zero-order chi connectivity index (χ0) is 87.7. The van der Waals surface area contributed by atoms with Gasteiger partial charge in [0.05, 0.1) is 40.5 Å². The van der Waals surface area contributed by atoms with Crippen LogP contribution in [0.15, 0.2) is 40.9 Å². The highest BCUT2D eigenvalue weighted by atomic mass is 16.5. The van der Waals surface area contributed by atoms with Gasteiger partial charge >= 0.3 is 23.9 Å². The third kappa shape index (κ3) is 14.5. The zero-order valence-electron chi connectivity index (χ0n) is 75.4. The number of esters is 2. The fraction of sp³-hybridized carbons (Fsp3) is 0.745. The lowest BCUT2D eigenvalue weighted by atomic mass is 9.33. The van der Waals surface area contributed by atoms with E-state index in [9.17, 15) is 54.9 Å². The number of carboxylic acids is 2. The van der Waals surface area contributed by atoms with Gasteiger partial charge < -0.3 is 48.8 Å². The first-order valence-corrected chi connectivity index (χ1v) is 44.6. The van der Waals surface area contributed by atoms with E-state index in [0.717, 1.165) is 99.3 Å². The minimum atomic E-state index is -1.81. The predicted octanol–water partition coefficient (Wildman–Crippen LogP) is 15.1. The lowest BCUT2D eigenvalue weighted by Crippen LogP contribution is -2.66. The van der Waals surface area contributed by atoms with Crippen molar-refractivity contribution in [3.05, 3.63) is 69.4 Å². The maximum Gasteiger partial charge on any atom is 0.310 e. The van der Waals surface area contributed by atoms with Crippen LogP contribution in [-0.2, 0) is 57.8 Å². The van der Waals surface area contributed by atoms with E-state index in [1.54, 1.807) is 13.8 Å². The molecule has 0 radical (unpaired) electrons. The Morgan fingerprint density at radius 3 is 1.61 bits per heavy atom. The zero-order valence-corrected chi connectivity index (χ0v) is 75.4. The Bertz CT molecular complexity index is 4830. The number of hydrogen-bond donors (Lipinski definition) is 4. The van der Waals surface area contributed by atoms with E-state index in [1.807, 2.05) is 54.0 Å². The number of ether oxygens (including phenoxy) is 2. The number of Topliss-reactive ketones (excluding diaryl/α,β-unsaturated/α-hetero) is 2. The third-order valence-electron chi connectivity index (χ3n) is 34.3. The number of carbonyl (C=O) groups excluding carboxylic acids is 4. The van der Waals surface area contributed by atoms with Gasteiger partial charge in [-0.3, -0.25) is 28.8 Å². The number of fused-ring (bicyclic) bond motifs is 12. The summed E-state index contributed by atoms with van der Waals surface area (Å²) in [4.78, 5) is 107. The number of rotatable bonds is 28. The molecule has 652 valence electrons. The maximum absolute atomic E-state index is 15.1. The number of nitriles is 2. The van der Waals surface area contributed by atoms with Gasteiger partial charge in [0, 0.05) is 80.3 Å². The van der Waals surface area contributed by atoms with Crippen molar-refractivity contribution < 1.29 is 58.7 Å². The average Bonchev–Trinajstić information content (AvgIpc) is 1.23. The van der Waals surface area contributed by atoms with Crippen molar-refractivity contribution in [1.82, 2.24) is 59.3 Å². The molecule has 120 heavy (non-hydrogen) atoms. The monoisotopic (exact) mass is 1650 g/mol. The molecule has 7 saturated carbocycles. The molecule has 0 bridgehead atoms. The lowest BCUT2D eigenvalue weighted by molar-refractivity contribution is -0.235. The standard InChI is InChI=1S/C94H134N14O12/c1-22-58(28-31-87(12)55(6)27-33-91(16)65(87)25-23-59-72-70(53(2)3)62(109)44-93(72,37-35-89(59,91)14)74(113)78-101-103-80(107(78)41-39-105(18)19)76-97-50-56(48-95)51-98-76)119-69(112)47-86(11,83(117)118)43-61-57(49-96)52-99-77(100-61)81-104-102-79(108(81)42-40-106(20)21)75(114)94-38-36-90(15)60(73(94)71(54(4)5)63(110)45-94)24-26-66-88(13)32-30-67(120-68(111)46-84(7,8)82(115)116)85(9,10)64(88)29-34-92(66,90)17/h50-55,58-60,64-67,74-75,113-114H,22-47H2,1-21H3,(H,115,116)(H,117,118)/t55-,58-,59-,60-,64+,65-,66-,67+,74?,75+,86?,87+,88+,89-,90-,91-,92-,93-,94-/m1/s1. The van der Waals surface area contributed by atoms with Gasteiger partial charge in [-0.2, -0.15) is 10.5 Å². The van der Waals surface area contributed by atoms with Crippen molar-refractivity contribution >= 4 is 35.4 Å². The van der Waals surface area contributed by atoms with Crippen molar-refractivity contribution in [2.45, 2.75) is 296 Å². The van der Waals surface area contributed by atoms with Crippen molar-refractivity contribution in [2.24, 2.45) is 107 Å². The number of ketones is 2. The summed E-state index contributed by atoms with van der Waals surface area (Å²) >= 11 is 0. The second-order valence-electron chi connectivity index (χ2n) is 42.6. The highest BCUT2D eigenvalue weighted by Crippen LogP contribution is 2.79. The Kier molecular flexibility index (Phi) is 24.1. The Morgan fingerprint density at radius 1 is 0.608 bits per heavy atom. The van der Waals surface area contributed by atoms with Crippen LogP contribution in [0.2, 0.25) is 0 Å². The van der Waals surface area contributed by atoms with Crippen LogP contribution in [0.1, 0.15) is 293 Å². The molecule has 4 N–H and O–H groups in total. The summed E-state index contributed by atoms with van der Waals surface area (Å²) in [5.41, 5.74) is -2.43. The summed E-state index contributed by atoms with van der Waals surface area (Å²) in [5, 5.41) is 87.2. The van der Waals surface area contributed by atoms with Crippen LogP contribution in [0.3, 0.4) is 0 Å². The first-order chi connectivity index (χ1) is 56.2. The number of likely N-dealkylation sites (N-methyl/N-ethyl adjacent to an activating group) is 2. The Balaban J connectivity index is 0.721. The van der Waals surface area contributed by atoms with E-state index < -0.39 is 70.3 Å². The molecule has 26 nitrogen and oxygen atoms in total. The first-order valence-electron chi connectivity index (χ1n) is 44.6. The van der Waals surface area contributed by atoms with Crippen molar-refractivity contribution in [3.8, 4) is 35.4 Å². The van der Waals surface area contributed by atoms with Gasteiger partial charge in [0.1, 0.15) is 36.6 Å². The van der Waals surface area contributed by atoms with E-state index in [-0.39, 0.29) is 158 Å². The van der Waals surface area contributed by atoms with Crippen LogP contribution < -0.4 is 0 Å². The summed E-state index contributed by atoms with van der Waals surface area (Å²) in [6.45, 7) is 38.3. The molecular formula is C94H134N14O12.